The van der Waals surface area contributed by atoms with Crippen molar-refractivity contribution in [3.05, 3.63) is 29.0 Å². The highest BCUT2D eigenvalue weighted by atomic mass is 35.5. The van der Waals surface area contributed by atoms with E-state index >= 15 is 0 Å². The van der Waals surface area contributed by atoms with Gasteiger partial charge in [-0.05, 0) is 33.3 Å². The highest BCUT2D eigenvalue weighted by Crippen LogP contribution is 2.18. The van der Waals surface area contributed by atoms with Crippen molar-refractivity contribution < 1.29 is 14.3 Å². The SMILES string of the molecule is CC(C)(C)OC(=O)N1CCCN(C(=O)c2cnccc2Cl)CC1. The number of hydrogen-bond acceptors (Lipinski definition) is 4. The summed E-state index contributed by atoms with van der Waals surface area (Å²) in [5.74, 6) is -0.158. The van der Waals surface area contributed by atoms with E-state index in [1.165, 1.54) is 6.20 Å². The lowest BCUT2D eigenvalue weighted by Crippen LogP contribution is -2.40. The summed E-state index contributed by atoms with van der Waals surface area (Å²) >= 11 is 6.06. The van der Waals surface area contributed by atoms with Gasteiger partial charge in [-0.25, -0.2) is 4.79 Å². The molecule has 126 valence electrons. The fraction of sp³-hybridized carbons (Fsp3) is 0.562. The fourth-order valence-electron chi connectivity index (χ4n) is 2.33. The van der Waals surface area contributed by atoms with E-state index in [9.17, 15) is 9.59 Å². The average Bonchev–Trinajstić information content (AvgIpc) is 2.71. The molecular formula is C16H22ClN3O3. The van der Waals surface area contributed by atoms with Crippen molar-refractivity contribution in [3.8, 4) is 0 Å². The van der Waals surface area contributed by atoms with E-state index in [0.29, 0.717) is 43.2 Å². The number of ether oxygens (including phenoxy) is 1. The molecule has 1 saturated heterocycles. The molecule has 0 saturated carbocycles. The number of halogens is 1. The molecule has 0 radical (unpaired) electrons. The Bertz CT molecular complexity index is 586. The highest BCUT2D eigenvalue weighted by Gasteiger charge is 2.26. The van der Waals surface area contributed by atoms with Crippen molar-refractivity contribution in [1.82, 2.24) is 14.8 Å². The highest BCUT2D eigenvalue weighted by molar-refractivity contribution is 6.33. The van der Waals surface area contributed by atoms with Crippen LogP contribution in [0.4, 0.5) is 4.79 Å². The number of carbonyl (C=O) groups is 2. The molecule has 0 bridgehead atoms. The molecule has 0 N–H and O–H groups in total. The summed E-state index contributed by atoms with van der Waals surface area (Å²) in [4.78, 5) is 32.0. The van der Waals surface area contributed by atoms with Crippen LogP contribution in [0.15, 0.2) is 18.5 Å². The Morgan fingerprint density at radius 3 is 2.48 bits per heavy atom. The molecule has 1 fully saturated rings. The van der Waals surface area contributed by atoms with Gasteiger partial charge in [-0.3, -0.25) is 9.78 Å². The van der Waals surface area contributed by atoms with Gasteiger partial charge in [0.15, 0.2) is 0 Å². The fourth-order valence-corrected chi connectivity index (χ4v) is 2.52. The van der Waals surface area contributed by atoms with E-state index < -0.39 is 5.60 Å². The van der Waals surface area contributed by atoms with Crippen LogP contribution in [-0.2, 0) is 4.74 Å². The standard InChI is InChI=1S/C16H22ClN3O3/c1-16(2,3)23-15(22)20-8-4-7-19(9-10-20)14(21)12-11-18-6-5-13(12)17/h5-6,11H,4,7-10H2,1-3H3. The first-order valence-electron chi connectivity index (χ1n) is 7.64. The minimum Gasteiger partial charge on any atom is -0.444 e. The van der Waals surface area contributed by atoms with Crippen LogP contribution in [0.3, 0.4) is 0 Å². The Morgan fingerprint density at radius 2 is 1.83 bits per heavy atom. The third-order valence-electron chi connectivity index (χ3n) is 3.43. The van der Waals surface area contributed by atoms with Crippen molar-refractivity contribution in [3.63, 3.8) is 0 Å². The topological polar surface area (TPSA) is 62.7 Å². The molecule has 1 aliphatic rings. The summed E-state index contributed by atoms with van der Waals surface area (Å²) in [5, 5.41) is 0.387. The molecule has 2 heterocycles. The molecule has 0 unspecified atom stereocenters. The Labute approximate surface area is 141 Å². The maximum Gasteiger partial charge on any atom is 0.410 e. The van der Waals surface area contributed by atoms with E-state index in [1.54, 1.807) is 22.1 Å². The molecular weight excluding hydrogens is 318 g/mol. The third kappa shape index (κ3) is 4.82. The summed E-state index contributed by atoms with van der Waals surface area (Å²) < 4.78 is 5.38. The zero-order valence-electron chi connectivity index (χ0n) is 13.7. The molecule has 2 amide bonds. The van der Waals surface area contributed by atoms with Crippen LogP contribution in [0.2, 0.25) is 5.02 Å². The van der Waals surface area contributed by atoms with Crippen molar-refractivity contribution in [2.75, 3.05) is 26.2 Å². The molecule has 1 aliphatic heterocycles. The largest absolute Gasteiger partial charge is 0.444 e. The van der Waals surface area contributed by atoms with Gasteiger partial charge in [-0.2, -0.15) is 0 Å². The Morgan fingerprint density at radius 1 is 1.17 bits per heavy atom. The monoisotopic (exact) mass is 339 g/mol. The van der Waals surface area contributed by atoms with Gasteiger partial charge in [-0.15, -0.1) is 0 Å². The minimum absolute atomic E-state index is 0.158. The molecule has 0 spiro atoms. The zero-order chi connectivity index (χ0) is 17.0. The van der Waals surface area contributed by atoms with Gasteiger partial charge in [0, 0.05) is 38.6 Å². The van der Waals surface area contributed by atoms with E-state index in [0.717, 1.165) is 0 Å². The van der Waals surface area contributed by atoms with E-state index in [4.69, 9.17) is 16.3 Å². The van der Waals surface area contributed by atoms with Gasteiger partial charge in [-0.1, -0.05) is 11.6 Å². The zero-order valence-corrected chi connectivity index (χ0v) is 14.5. The Kier molecular flexibility index (Phi) is 5.46. The van der Waals surface area contributed by atoms with Gasteiger partial charge in [0.1, 0.15) is 5.60 Å². The van der Waals surface area contributed by atoms with E-state index in [-0.39, 0.29) is 12.0 Å². The number of hydrogen-bond donors (Lipinski definition) is 0. The van der Waals surface area contributed by atoms with Crippen LogP contribution in [0.5, 0.6) is 0 Å². The molecule has 0 aliphatic carbocycles. The molecule has 7 heteroatoms. The maximum atomic E-state index is 12.5. The van der Waals surface area contributed by atoms with Crippen LogP contribution in [-0.4, -0.2) is 58.6 Å². The average molecular weight is 340 g/mol. The number of rotatable bonds is 1. The smallest absolute Gasteiger partial charge is 0.410 e. The van der Waals surface area contributed by atoms with Crippen LogP contribution >= 0.6 is 11.6 Å². The summed E-state index contributed by atoms with van der Waals surface area (Å²) in [6.07, 6.45) is 3.38. The van der Waals surface area contributed by atoms with Crippen LogP contribution in [0.1, 0.15) is 37.6 Å². The lowest BCUT2D eigenvalue weighted by atomic mass is 10.2. The molecule has 1 aromatic heterocycles. The molecule has 2 rings (SSSR count). The lowest BCUT2D eigenvalue weighted by molar-refractivity contribution is 0.0255. The number of nitrogens with zero attached hydrogens (tertiary/aromatic N) is 3. The molecule has 6 nitrogen and oxygen atoms in total. The normalized spacial score (nSPS) is 16.0. The summed E-state index contributed by atoms with van der Waals surface area (Å²) in [6.45, 7) is 7.54. The van der Waals surface area contributed by atoms with Crippen LogP contribution in [0, 0.1) is 0 Å². The lowest BCUT2D eigenvalue weighted by Gasteiger charge is -2.26. The number of amides is 2. The van der Waals surface area contributed by atoms with Gasteiger partial charge in [0.2, 0.25) is 0 Å². The predicted molar refractivity (Wildman–Crippen MR) is 87.6 cm³/mol. The summed E-state index contributed by atoms with van der Waals surface area (Å²) in [7, 11) is 0. The molecule has 23 heavy (non-hydrogen) atoms. The predicted octanol–water partition coefficient (Wildman–Crippen LogP) is 2.82. The molecule has 1 aromatic rings. The van der Waals surface area contributed by atoms with Gasteiger partial charge < -0.3 is 14.5 Å². The number of carbonyl (C=O) groups excluding carboxylic acids is 2. The molecule has 0 atom stereocenters. The van der Waals surface area contributed by atoms with Gasteiger partial charge >= 0.3 is 6.09 Å². The van der Waals surface area contributed by atoms with Crippen molar-refractivity contribution >= 4 is 23.6 Å². The first-order chi connectivity index (χ1) is 10.8. The van der Waals surface area contributed by atoms with Crippen molar-refractivity contribution in [2.24, 2.45) is 0 Å². The van der Waals surface area contributed by atoms with E-state index in [2.05, 4.69) is 4.98 Å². The van der Waals surface area contributed by atoms with Crippen LogP contribution in [0.25, 0.3) is 0 Å². The first-order valence-corrected chi connectivity index (χ1v) is 8.02. The van der Waals surface area contributed by atoms with Crippen LogP contribution < -0.4 is 0 Å². The Balaban J connectivity index is 2.00. The first kappa shape index (κ1) is 17.5. The van der Waals surface area contributed by atoms with Crippen molar-refractivity contribution in [1.29, 1.82) is 0 Å². The minimum atomic E-state index is -0.526. The third-order valence-corrected chi connectivity index (χ3v) is 3.76. The second-order valence-corrected chi connectivity index (χ2v) is 6.88. The quantitative estimate of drug-likeness (QED) is 0.789. The molecule has 0 aromatic carbocycles. The van der Waals surface area contributed by atoms with Crippen molar-refractivity contribution in [2.45, 2.75) is 32.8 Å². The Hall–Kier alpha value is -1.82. The summed E-state index contributed by atoms with van der Waals surface area (Å²) in [6, 6.07) is 1.60. The summed E-state index contributed by atoms with van der Waals surface area (Å²) in [5.41, 5.74) is -0.137. The van der Waals surface area contributed by atoms with Gasteiger partial charge in [0.05, 0.1) is 10.6 Å². The second-order valence-electron chi connectivity index (χ2n) is 6.47. The van der Waals surface area contributed by atoms with Gasteiger partial charge in [0.25, 0.3) is 5.91 Å². The number of pyridine rings is 1. The number of aromatic nitrogens is 1. The van der Waals surface area contributed by atoms with E-state index in [1.807, 2.05) is 20.8 Å². The second kappa shape index (κ2) is 7.17. The maximum absolute atomic E-state index is 12.5.